The minimum absolute atomic E-state index is 0.0580. The fourth-order valence-electron chi connectivity index (χ4n) is 2.21. The minimum atomic E-state index is -0.321. The number of ether oxygens (including phenoxy) is 2. The Balaban J connectivity index is 2.33. The molecule has 2 amide bonds. The third kappa shape index (κ3) is 6.12. The maximum Gasteiger partial charge on any atom is 0.307 e. The number of piperidine rings is 1. The van der Waals surface area contributed by atoms with Crippen molar-refractivity contribution in [3.05, 3.63) is 0 Å². The van der Waals surface area contributed by atoms with Gasteiger partial charge in [-0.1, -0.05) is 0 Å². The van der Waals surface area contributed by atoms with Crippen molar-refractivity contribution in [1.82, 2.24) is 10.2 Å². The van der Waals surface area contributed by atoms with Crippen LogP contribution in [0.15, 0.2) is 0 Å². The molecule has 0 bridgehead atoms. The summed E-state index contributed by atoms with van der Waals surface area (Å²) >= 11 is 0. The molecule has 1 N–H and O–H groups in total. The summed E-state index contributed by atoms with van der Waals surface area (Å²) in [6.45, 7) is 3.72. The molecule has 7 heteroatoms. The molecule has 0 aliphatic carbocycles. The minimum Gasteiger partial charge on any atom is -0.466 e. The van der Waals surface area contributed by atoms with Crippen LogP contribution in [0.2, 0.25) is 0 Å². The Morgan fingerprint density at radius 3 is 2.86 bits per heavy atom. The van der Waals surface area contributed by atoms with Crippen molar-refractivity contribution in [2.75, 3.05) is 40.0 Å². The highest BCUT2D eigenvalue weighted by Gasteiger charge is 2.29. The Morgan fingerprint density at radius 2 is 2.19 bits per heavy atom. The number of rotatable bonds is 8. The van der Waals surface area contributed by atoms with Gasteiger partial charge in [-0.15, -0.1) is 0 Å². The summed E-state index contributed by atoms with van der Waals surface area (Å²) in [7, 11) is 1.58. The number of carbonyl (C=O) groups excluding carboxylic acids is 3. The van der Waals surface area contributed by atoms with Crippen LogP contribution in [-0.2, 0) is 23.9 Å². The number of hydrogen-bond donors (Lipinski definition) is 1. The number of carbonyl (C=O) groups is 3. The summed E-state index contributed by atoms with van der Waals surface area (Å²) in [6.07, 6.45) is 1.09. The van der Waals surface area contributed by atoms with Gasteiger partial charge in [0.15, 0.2) is 0 Å². The van der Waals surface area contributed by atoms with Crippen LogP contribution >= 0.6 is 0 Å². The Kier molecular flexibility index (Phi) is 7.74. The quantitative estimate of drug-likeness (QED) is 0.635. The van der Waals surface area contributed by atoms with Crippen LogP contribution in [0, 0.1) is 5.92 Å². The second kappa shape index (κ2) is 9.33. The highest BCUT2D eigenvalue weighted by atomic mass is 16.5. The molecule has 1 rings (SSSR count). The van der Waals surface area contributed by atoms with Crippen molar-refractivity contribution in [2.24, 2.45) is 5.92 Å². The van der Waals surface area contributed by atoms with Gasteiger partial charge < -0.3 is 19.7 Å². The van der Waals surface area contributed by atoms with Gasteiger partial charge in [-0.25, -0.2) is 0 Å². The summed E-state index contributed by atoms with van der Waals surface area (Å²) in [5, 5.41) is 2.72. The third-order valence-electron chi connectivity index (χ3n) is 3.37. The normalized spacial score (nSPS) is 18.5. The molecule has 1 aliphatic rings. The summed E-state index contributed by atoms with van der Waals surface area (Å²) in [6, 6.07) is 0. The lowest BCUT2D eigenvalue weighted by atomic mass is 9.96. The van der Waals surface area contributed by atoms with E-state index >= 15 is 0 Å². The number of likely N-dealkylation sites (tertiary alicyclic amines) is 1. The highest BCUT2D eigenvalue weighted by Crippen LogP contribution is 2.17. The average Bonchev–Trinajstić information content (AvgIpc) is 2.46. The average molecular weight is 300 g/mol. The molecule has 0 saturated carbocycles. The van der Waals surface area contributed by atoms with Crippen molar-refractivity contribution >= 4 is 17.8 Å². The number of nitrogens with zero attached hydrogens (tertiary/aromatic N) is 1. The number of esters is 1. The van der Waals surface area contributed by atoms with E-state index in [1.165, 1.54) is 0 Å². The highest BCUT2D eigenvalue weighted by molar-refractivity contribution is 5.84. The molecular weight excluding hydrogens is 276 g/mol. The topological polar surface area (TPSA) is 84.9 Å². The SMILES string of the molecule is CCOC(=O)CCNC(=O)C1CCC(=O)N(CCOC)C1. The number of nitrogens with one attached hydrogen (secondary N) is 1. The van der Waals surface area contributed by atoms with Crippen LogP contribution in [0.5, 0.6) is 0 Å². The van der Waals surface area contributed by atoms with Gasteiger partial charge in [-0.3, -0.25) is 14.4 Å². The Bertz CT molecular complexity index is 372. The van der Waals surface area contributed by atoms with Crippen molar-refractivity contribution in [1.29, 1.82) is 0 Å². The van der Waals surface area contributed by atoms with Gasteiger partial charge >= 0.3 is 5.97 Å². The molecule has 0 aromatic heterocycles. The molecule has 7 nitrogen and oxygen atoms in total. The second-order valence-electron chi connectivity index (χ2n) is 4.91. The monoisotopic (exact) mass is 300 g/mol. The molecule has 0 spiro atoms. The summed E-state index contributed by atoms with van der Waals surface area (Å²) < 4.78 is 9.74. The predicted octanol–water partition coefficient (Wildman–Crippen LogP) is -0.0592. The van der Waals surface area contributed by atoms with E-state index in [0.717, 1.165) is 0 Å². The molecule has 0 aromatic carbocycles. The zero-order valence-corrected chi connectivity index (χ0v) is 12.7. The van der Waals surface area contributed by atoms with Crippen LogP contribution < -0.4 is 5.32 Å². The van der Waals surface area contributed by atoms with E-state index in [9.17, 15) is 14.4 Å². The zero-order valence-electron chi connectivity index (χ0n) is 12.7. The first-order valence-corrected chi connectivity index (χ1v) is 7.28. The summed E-state index contributed by atoms with van der Waals surface area (Å²) in [4.78, 5) is 36.6. The Morgan fingerprint density at radius 1 is 1.43 bits per heavy atom. The maximum atomic E-state index is 12.0. The van der Waals surface area contributed by atoms with Crippen LogP contribution in [0.25, 0.3) is 0 Å². The van der Waals surface area contributed by atoms with Crippen LogP contribution in [0.3, 0.4) is 0 Å². The fourth-order valence-corrected chi connectivity index (χ4v) is 2.21. The van der Waals surface area contributed by atoms with Crippen molar-refractivity contribution < 1.29 is 23.9 Å². The van der Waals surface area contributed by atoms with Crippen molar-refractivity contribution in [3.63, 3.8) is 0 Å². The number of methoxy groups -OCH3 is 1. The lowest BCUT2D eigenvalue weighted by Crippen LogP contribution is -2.47. The first-order valence-electron chi connectivity index (χ1n) is 7.28. The first-order chi connectivity index (χ1) is 10.1. The maximum absolute atomic E-state index is 12.0. The van der Waals surface area contributed by atoms with Crippen LogP contribution in [-0.4, -0.2) is 62.6 Å². The lowest BCUT2D eigenvalue weighted by Gasteiger charge is -2.31. The molecule has 120 valence electrons. The van der Waals surface area contributed by atoms with Gasteiger partial charge in [0.1, 0.15) is 0 Å². The van der Waals surface area contributed by atoms with Crippen LogP contribution in [0.4, 0.5) is 0 Å². The van der Waals surface area contributed by atoms with Gasteiger partial charge in [0.05, 0.1) is 25.6 Å². The van der Waals surface area contributed by atoms with E-state index in [4.69, 9.17) is 9.47 Å². The largest absolute Gasteiger partial charge is 0.466 e. The molecule has 1 heterocycles. The molecular formula is C14H24N2O5. The van der Waals surface area contributed by atoms with Gasteiger partial charge in [0.25, 0.3) is 0 Å². The van der Waals surface area contributed by atoms with Crippen LogP contribution in [0.1, 0.15) is 26.2 Å². The van der Waals surface area contributed by atoms with E-state index in [0.29, 0.717) is 39.1 Å². The molecule has 1 fully saturated rings. The number of hydrogen-bond acceptors (Lipinski definition) is 5. The summed E-state index contributed by atoms with van der Waals surface area (Å²) in [5.41, 5.74) is 0. The van der Waals surface area contributed by atoms with Gasteiger partial charge in [-0.2, -0.15) is 0 Å². The van der Waals surface area contributed by atoms with E-state index in [1.54, 1.807) is 18.9 Å². The lowest BCUT2D eigenvalue weighted by molar-refractivity contribution is -0.143. The van der Waals surface area contributed by atoms with E-state index in [1.807, 2.05) is 0 Å². The molecule has 0 radical (unpaired) electrons. The van der Waals surface area contributed by atoms with E-state index in [2.05, 4.69) is 5.32 Å². The van der Waals surface area contributed by atoms with Gasteiger partial charge in [-0.05, 0) is 13.3 Å². The first kappa shape index (κ1) is 17.4. The Hall–Kier alpha value is -1.63. The zero-order chi connectivity index (χ0) is 15.7. The standard InChI is InChI=1S/C14H24N2O5/c1-3-21-13(18)6-7-15-14(19)11-4-5-12(17)16(10-11)8-9-20-2/h11H,3-10H2,1-2H3,(H,15,19). The molecule has 21 heavy (non-hydrogen) atoms. The second-order valence-corrected chi connectivity index (χ2v) is 4.91. The van der Waals surface area contributed by atoms with Crippen molar-refractivity contribution in [3.8, 4) is 0 Å². The molecule has 1 unspecified atom stereocenters. The van der Waals surface area contributed by atoms with E-state index < -0.39 is 0 Å². The van der Waals surface area contributed by atoms with Crippen molar-refractivity contribution in [2.45, 2.75) is 26.2 Å². The molecule has 1 saturated heterocycles. The molecule has 0 aromatic rings. The molecule has 1 aliphatic heterocycles. The van der Waals surface area contributed by atoms with Gasteiger partial charge in [0, 0.05) is 33.2 Å². The third-order valence-corrected chi connectivity index (χ3v) is 3.37. The summed E-state index contributed by atoms with van der Waals surface area (Å²) in [5.74, 6) is -0.600. The van der Waals surface area contributed by atoms with Gasteiger partial charge in [0.2, 0.25) is 11.8 Å². The smallest absolute Gasteiger partial charge is 0.307 e. The molecule has 1 atom stereocenters. The number of amides is 2. The Labute approximate surface area is 124 Å². The predicted molar refractivity (Wildman–Crippen MR) is 75.4 cm³/mol. The fraction of sp³-hybridized carbons (Fsp3) is 0.786. The van der Waals surface area contributed by atoms with E-state index in [-0.39, 0.29) is 36.7 Å².